The number of rotatable bonds is 3. The molecule has 0 aliphatic heterocycles. The van der Waals surface area contributed by atoms with Gasteiger partial charge in [-0.3, -0.25) is 9.59 Å². The van der Waals surface area contributed by atoms with Crippen LogP contribution in [0.3, 0.4) is 0 Å². The highest BCUT2D eigenvalue weighted by Crippen LogP contribution is 2.52. The van der Waals surface area contributed by atoms with E-state index < -0.39 is 0 Å². The van der Waals surface area contributed by atoms with Gasteiger partial charge in [-0.25, -0.2) is 0 Å². The molecule has 3 rings (SSSR count). The first-order chi connectivity index (χ1) is 10.4. The molecule has 0 spiro atoms. The number of ketones is 2. The van der Waals surface area contributed by atoms with E-state index in [0.717, 1.165) is 36.8 Å². The molecule has 3 heteroatoms. The van der Waals surface area contributed by atoms with Crippen LogP contribution in [-0.2, 0) is 16.0 Å². The standard InChI is InChI=1S/C19H24O3/c1-12-3-5-14(20)11-13(12)4-6-15-16-7-8-18(22)19(16,2)10-9-17(15)21/h3,5,11,15-16,20H,4,6-10H2,1-2H3/t15?,16?,19-/m0/s1. The van der Waals surface area contributed by atoms with E-state index in [1.165, 1.54) is 0 Å². The molecule has 2 aliphatic carbocycles. The topological polar surface area (TPSA) is 54.4 Å². The largest absolute Gasteiger partial charge is 0.508 e. The van der Waals surface area contributed by atoms with Crippen molar-refractivity contribution in [1.82, 2.24) is 0 Å². The van der Waals surface area contributed by atoms with Crippen molar-refractivity contribution in [2.45, 2.75) is 52.4 Å². The summed E-state index contributed by atoms with van der Waals surface area (Å²) >= 11 is 0. The Balaban J connectivity index is 1.77. The third-order valence-electron chi connectivity index (χ3n) is 5.99. The molecular formula is C19H24O3. The molecule has 0 amide bonds. The molecule has 2 aliphatic rings. The van der Waals surface area contributed by atoms with E-state index in [2.05, 4.69) is 6.92 Å². The molecule has 3 atom stereocenters. The molecule has 3 nitrogen and oxygen atoms in total. The first-order valence-electron chi connectivity index (χ1n) is 8.26. The quantitative estimate of drug-likeness (QED) is 0.928. The van der Waals surface area contributed by atoms with Crippen molar-refractivity contribution in [3.63, 3.8) is 0 Å². The van der Waals surface area contributed by atoms with Crippen LogP contribution in [0.5, 0.6) is 5.75 Å². The van der Waals surface area contributed by atoms with Crippen molar-refractivity contribution in [1.29, 1.82) is 0 Å². The summed E-state index contributed by atoms with van der Waals surface area (Å²) in [5, 5.41) is 9.64. The number of hydrogen-bond acceptors (Lipinski definition) is 3. The fourth-order valence-corrected chi connectivity index (χ4v) is 4.46. The van der Waals surface area contributed by atoms with Gasteiger partial charge in [-0.2, -0.15) is 0 Å². The summed E-state index contributed by atoms with van der Waals surface area (Å²) < 4.78 is 0. The van der Waals surface area contributed by atoms with E-state index in [4.69, 9.17) is 0 Å². The molecule has 2 fully saturated rings. The Morgan fingerprint density at radius 2 is 2.05 bits per heavy atom. The molecule has 0 aromatic heterocycles. The second-order valence-corrected chi connectivity index (χ2v) is 7.21. The minimum atomic E-state index is -0.271. The van der Waals surface area contributed by atoms with Crippen LogP contribution in [0.1, 0.15) is 50.2 Å². The Bertz CT molecular complexity index is 619. The smallest absolute Gasteiger partial charge is 0.139 e. The average Bonchev–Trinajstić information content (AvgIpc) is 2.78. The SMILES string of the molecule is Cc1ccc(O)cc1CCC1C(=O)CC[C@]2(C)C(=O)CCC12. The second kappa shape index (κ2) is 5.53. The fourth-order valence-electron chi connectivity index (χ4n) is 4.46. The zero-order chi connectivity index (χ0) is 15.9. The van der Waals surface area contributed by atoms with Crippen LogP contribution in [0.15, 0.2) is 18.2 Å². The normalized spacial score (nSPS) is 31.4. The van der Waals surface area contributed by atoms with E-state index in [1.807, 2.05) is 13.0 Å². The summed E-state index contributed by atoms with van der Waals surface area (Å²) in [6.45, 7) is 4.09. The van der Waals surface area contributed by atoms with Crippen LogP contribution < -0.4 is 0 Å². The van der Waals surface area contributed by atoms with Gasteiger partial charge in [-0.05, 0) is 61.8 Å². The van der Waals surface area contributed by atoms with E-state index in [-0.39, 0.29) is 23.0 Å². The molecule has 2 unspecified atom stereocenters. The number of aromatic hydroxyl groups is 1. The maximum atomic E-state index is 12.4. The average molecular weight is 300 g/mol. The van der Waals surface area contributed by atoms with E-state index in [9.17, 15) is 14.7 Å². The number of aryl methyl sites for hydroxylation is 2. The first kappa shape index (κ1) is 15.3. The number of Topliss-reactive ketones (excluding diaryl/α,β-unsaturated/α-hetero) is 2. The van der Waals surface area contributed by atoms with Crippen molar-refractivity contribution in [3.05, 3.63) is 29.3 Å². The van der Waals surface area contributed by atoms with Crippen molar-refractivity contribution in [2.24, 2.45) is 17.3 Å². The van der Waals surface area contributed by atoms with Crippen LogP contribution in [0.4, 0.5) is 0 Å². The predicted octanol–water partition coefficient (Wildman–Crippen LogP) is 3.60. The molecule has 1 aromatic rings. The van der Waals surface area contributed by atoms with Gasteiger partial charge in [0.05, 0.1) is 0 Å². The minimum absolute atomic E-state index is 0.00643. The number of carbonyl (C=O) groups is 2. The van der Waals surface area contributed by atoms with Gasteiger partial charge in [0.2, 0.25) is 0 Å². The van der Waals surface area contributed by atoms with E-state index in [1.54, 1.807) is 12.1 Å². The highest BCUT2D eigenvalue weighted by molar-refractivity contribution is 5.92. The van der Waals surface area contributed by atoms with Gasteiger partial charge in [0.25, 0.3) is 0 Å². The van der Waals surface area contributed by atoms with E-state index >= 15 is 0 Å². The number of carbonyl (C=O) groups excluding carboxylic acids is 2. The number of phenolic OH excluding ortho intramolecular Hbond substituents is 1. The Morgan fingerprint density at radius 1 is 1.27 bits per heavy atom. The van der Waals surface area contributed by atoms with Crippen LogP contribution in [0.25, 0.3) is 0 Å². The van der Waals surface area contributed by atoms with Gasteiger partial charge >= 0.3 is 0 Å². The van der Waals surface area contributed by atoms with Crippen molar-refractivity contribution in [2.75, 3.05) is 0 Å². The monoisotopic (exact) mass is 300 g/mol. The second-order valence-electron chi connectivity index (χ2n) is 7.21. The number of fused-ring (bicyclic) bond motifs is 1. The molecule has 22 heavy (non-hydrogen) atoms. The lowest BCUT2D eigenvalue weighted by molar-refractivity contribution is -0.136. The predicted molar refractivity (Wildman–Crippen MR) is 84.7 cm³/mol. The number of benzene rings is 1. The summed E-state index contributed by atoms with van der Waals surface area (Å²) in [4.78, 5) is 24.6. The molecule has 1 aromatic carbocycles. The van der Waals surface area contributed by atoms with Gasteiger partial charge in [-0.15, -0.1) is 0 Å². The lowest BCUT2D eigenvalue weighted by Crippen LogP contribution is -2.42. The zero-order valence-corrected chi connectivity index (χ0v) is 13.4. The summed E-state index contributed by atoms with van der Waals surface area (Å²) in [6, 6.07) is 5.40. The molecule has 0 radical (unpaired) electrons. The summed E-state index contributed by atoms with van der Waals surface area (Å²) in [5.41, 5.74) is 1.97. The maximum absolute atomic E-state index is 12.4. The van der Waals surface area contributed by atoms with Crippen molar-refractivity contribution >= 4 is 11.6 Å². The molecule has 2 saturated carbocycles. The van der Waals surface area contributed by atoms with E-state index in [0.29, 0.717) is 24.4 Å². The van der Waals surface area contributed by atoms with Gasteiger partial charge in [0, 0.05) is 24.2 Å². The molecule has 1 N–H and O–H groups in total. The lowest BCUT2D eigenvalue weighted by atomic mass is 9.62. The Morgan fingerprint density at radius 3 is 2.82 bits per heavy atom. The Labute approximate surface area is 131 Å². The lowest BCUT2D eigenvalue weighted by Gasteiger charge is -2.39. The minimum Gasteiger partial charge on any atom is -0.508 e. The summed E-state index contributed by atoms with van der Waals surface area (Å²) in [7, 11) is 0. The third-order valence-corrected chi connectivity index (χ3v) is 5.99. The fraction of sp³-hybridized carbons (Fsp3) is 0.579. The van der Waals surface area contributed by atoms with Crippen molar-refractivity contribution in [3.8, 4) is 5.75 Å². The van der Waals surface area contributed by atoms with Crippen molar-refractivity contribution < 1.29 is 14.7 Å². The highest BCUT2D eigenvalue weighted by Gasteiger charge is 2.53. The molecule has 118 valence electrons. The van der Waals surface area contributed by atoms with Crippen LogP contribution in [-0.4, -0.2) is 16.7 Å². The zero-order valence-electron chi connectivity index (χ0n) is 13.4. The van der Waals surface area contributed by atoms with Crippen LogP contribution in [0, 0.1) is 24.2 Å². The van der Waals surface area contributed by atoms with Crippen LogP contribution >= 0.6 is 0 Å². The molecular weight excluding hydrogens is 276 g/mol. The van der Waals surface area contributed by atoms with Crippen LogP contribution in [0.2, 0.25) is 0 Å². The maximum Gasteiger partial charge on any atom is 0.139 e. The third kappa shape index (κ3) is 2.47. The van der Waals surface area contributed by atoms with Gasteiger partial charge < -0.3 is 5.11 Å². The van der Waals surface area contributed by atoms with Gasteiger partial charge in [0.15, 0.2) is 0 Å². The van der Waals surface area contributed by atoms with Gasteiger partial charge in [-0.1, -0.05) is 13.0 Å². The first-order valence-corrected chi connectivity index (χ1v) is 8.26. The summed E-state index contributed by atoms with van der Waals surface area (Å²) in [6.07, 6.45) is 4.36. The Hall–Kier alpha value is -1.64. The molecule has 0 bridgehead atoms. The Kier molecular flexibility index (Phi) is 3.84. The molecule has 0 heterocycles. The molecule has 0 saturated heterocycles. The highest BCUT2D eigenvalue weighted by atomic mass is 16.3. The number of hydrogen-bond donors (Lipinski definition) is 1. The van der Waals surface area contributed by atoms with Gasteiger partial charge in [0.1, 0.15) is 17.3 Å². The number of phenols is 1. The summed E-state index contributed by atoms with van der Waals surface area (Å²) in [5.74, 6) is 1.18.